The molecule has 0 spiro atoms. The van der Waals surface area contributed by atoms with Gasteiger partial charge in [-0.25, -0.2) is 0 Å². The summed E-state index contributed by atoms with van der Waals surface area (Å²) < 4.78 is 0. The molecule has 0 bridgehead atoms. The highest BCUT2D eigenvalue weighted by Crippen LogP contribution is 2.15. The number of nitrogen functional groups attached to an aromatic ring is 1. The van der Waals surface area contributed by atoms with Gasteiger partial charge in [0.1, 0.15) is 0 Å². The Morgan fingerprint density at radius 1 is 1.75 bits per heavy atom. The van der Waals surface area contributed by atoms with E-state index in [0.29, 0.717) is 0 Å². The van der Waals surface area contributed by atoms with Crippen LogP contribution in [0.3, 0.4) is 0 Å². The molecule has 0 aromatic carbocycles. The Balaban J connectivity index is 2.84. The fraction of sp³-hybridized carbons (Fsp3) is 0.333. The average molecular weight is 127 g/mol. The monoisotopic (exact) mass is 127 g/mol. The minimum atomic E-state index is 0.918. The quantitative estimate of drug-likeness (QED) is 0.612. The number of anilines is 1. The fourth-order valence-electron chi connectivity index (χ4n) is 0.580. The van der Waals surface area contributed by atoms with Crippen LogP contribution < -0.4 is 5.73 Å². The molecule has 0 atom stereocenters. The third-order valence-corrected chi connectivity index (χ3v) is 1.89. The van der Waals surface area contributed by atoms with E-state index in [0.717, 1.165) is 11.4 Å². The third-order valence-electron chi connectivity index (χ3n) is 1.08. The third kappa shape index (κ3) is 1.01. The van der Waals surface area contributed by atoms with Gasteiger partial charge in [0.25, 0.3) is 0 Å². The van der Waals surface area contributed by atoms with Crippen LogP contribution in [0.1, 0.15) is 12.5 Å². The molecule has 2 N–H and O–H groups in total. The van der Waals surface area contributed by atoms with Gasteiger partial charge in [0, 0.05) is 0 Å². The van der Waals surface area contributed by atoms with Gasteiger partial charge >= 0.3 is 0 Å². The van der Waals surface area contributed by atoms with Crippen LogP contribution in [-0.2, 0) is 6.42 Å². The number of hydrogen-bond donors (Lipinski definition) is 1. The number of aryl methyl sites for hydroxylation is 1. The maximum absolute atomic E-state index is 5.47. The van der Waals surface area contributed by atoms with Crippen LogP contribution >= 0.6 is 11.3 Å². The Morgan fingerprint density at radius 3 is 2.75 bits per heavy atom. The minimum Gasteiger partial charge on any atom is -0.391 e. The van der Waals surface area contributed by atoms with Gasteiger partial charge in [-0.1, -0.05) is 6.92 Å². The molecule has 44 valence electrons. The number of nitrogens with two attached hydrogens (primary N) is 1. The summed E-state index contributed by atoms with van der Waals surface area (Å²) in [6.07, 6.45) is 1.09. The summed E-state index contributed by atoms with van der Waals surface area (Å²) in [6, 6.07) is 2.02. The first-order valence-corrected chi connectivity index (χ1v) is 3.53. The summed E-state index contributed by atoms with van der Waals surface area (Å²) in [5.74, 6) is 0. The fourth-order valence-corrected chi connectivity index (χ4v) is 1.32. The van der Waals surface area contributed by atoms with Gasteiger partial charge in [0.05, 0.1) is 5.00 Å². The molecule has 0 fully saturated rings. The van der Waals surface area contributed by atoms with E-state index in [-0.39, 0.29) is 0 Å². The lowest BCUT2D eigenvalue weighted by Gasteiger charge is -1.80. The van der Waals surface area contributed by atoms with Gasteiger partial charge in [-0.3, -0.25) is 0 Å². The largest absolute Gasteiger partial charge is 0.391 e. The summed E-state index contributed by atoms with van der Waals surface area (Å²) in [4.78, 5) is 0. The molecule has 0 radical (unpaired) electrons. The standard InChI is InChI=1S/C6H9NS/c1-2-5-3-6(7)8-4-5/h3-4H,2,7H2,1H3. The van der Waals surface area contributed by atoms with Crippen LogP contribution in [0.2, 0.25) is 0 Å². The van der Waals surface area contributed by atoms with Gasteiger partial charge in [-0.15, -0.1) is 11.3 Å². The van der Waals surface area contributed by atoms with E-state index in [1.165, 1.54) is 5.56 Å². The Morgan fingerprint density at radius 2 is 2.50 bits per heavy atom. The molecule has 0 unspecified atom stereocenters. The Bertz CT molecular complexity index is 169. The molecule has 1 heterocycles. The average Bonchev–Trinajstić information content (AvgIpc) is 2.14. The normalized spacial score (nSPS) is 9.62. The van der Waals surface area contributed by atoms with E-state index >= 15 is 0 Å². The van der Waals surface area contributed by atoms with Crippen molar-refractivity contribution in [3.05, 3.63) is 17.0 Å². The number of thiophene rings is 1. The van der Waals surface area contributed by atoms with Gasteiger partial charge in [-0.05, 0) is 23.4 Å². The molecule has 1 aromatic heterocycles. The predicted octanol–water partition coefficient (Wildman–Crippen LogP) is 1.89. The molecular weight excluding hydrogens is 118 g/mol. The van der Waals surface area contributed by atoms with Crippen LogP contribution in [0.25, 0.3) is 0 Å². The van der Waals surface area contributed by atoms with E-state index in [1.54, 1.807) is 11.3 Å². The van der Waals surface area contributed by atoms with Gasteiger partial charge in [0.2, 0.25) is 0 Å². The lowest BCUT2D eigenvalue weighted by atomic mass is 10.3. The van der Waals surface area contributed by atoms with E-state index in [1.807, 2.05) is 6.07 Å². The molecule has 0 aliphatic heterocycles. The zero-order valence-electron chi connectivity index (χ0n) is 4.85. The van der Waals surface area contributed by atoms with Crippen LogP contribution in [0, 0.1) is 0 Å². The number of rotatable bonds is 1. The van der Waals surface area contributed by atoms with Crippen molar-refractivity contribution in [3.8, 4) is 0 Å². The van der Waals surface area contributed by atoms with Crippen molar-refractivity contribution in [2.45, 2.75) is 13.3 Å². The van der Waals surface area contributed by atoms with Gasteiger partial charge in [-0.2, -0.15) is 0 Å². The molecule has 8 heavy (non-hydrogen) atoms. The van der Waals surface area contributed by atoms with E-state index in [9.17, 15) is 0 Å². The first kappa shape index (κ1) is 5.63. The molecule has 1 rings (SSSR count). The Labute approximate surface area is 53.1 Å². The second kappa shape index (κ2) is 2.18. The molecule has 0 aliphatic carbocycles. The van der Waals surface area contributed by atoms with Crippen LogP contribution in [0.4, 0.5) is 5.00 Å². The van der Waals surface area contributed by atoms with Crippen molar-refractivity contribution in [2.75, 3.05) is 5.73 Å². The van der Waals surface area contributed by atoms with Crippen molar-refractivity contribution in [1.82, 2.24) is 0 Å². The zero-order valence-corrected chi connectivity index (χ0v) is 5.66. The molecule has 2 heteroatoms. The highest BCUT2D eigenvalue weighted by Gasteiger charge is 1.89. The topological polar surface area (TPSA) is 26.0 Å². The highest BCUT2D eigenvalue weighted by molar-refractivity contribution is 7.14. The molecule has 0 saturated carbocycles. The van der Waals surface area contributed by atoms with Crippen molar-refractivity contribution in [1.29, 1.82) is 0 Å². The van der Waals surface area contributed by atoms with Crippen LogP contribution in [-0.4, -0.2) is 0 Å². The second-order valence-corrected chi connectivity index (χ2v) is 2.65. The lowest BCUT2D eigenvalue weighted by Crippen LogP contribution is -1.75. The molecule has 1 nitrogen and oxygen atoms in total. The highest BCUT2D eigenvalue weighted by atomic mass is 32.1. The Hall–Kier alpha value is -0.500. The molecular formula is C6H9NS. The molecule has 0 amide bonds. The maximum atomic E-state index is 5.47. The molecule has 0 saturated heterocycles. The summed E-state index contributed by atoms with van der Waals surface area (Å²) in [5.41, 5.74) is 6.81. The summed E-state index contributed by atoms with van der Waals surface area (Å²) in [5, 5.41) is 3.01. The van der Waals surface area contributed by atoms with Crippen LogP contribution in [0.5, 0.6) is 0 Å². The summed E-state index contributed by atoms with van der Waals surface area (Å²) >= 11 is 1.61. The lowest BCUT2D eigenvalue weighted by molar-refractivity contribution is 1.16. The zero-order chi connectivity index (χ0) is 5.98. The first-order chi connectivity index (χ1) is 3.83. The minimum absolute atomic E-state index is 0.918. The van der Waals surface area contributed by atoms with Crippen molar-refractivity contribution >= 4 is 16.3 Å². The van der Waals surface area contributed by atoms with Crippen LogP contribution in [0.15, 0.2) is 11.4 Å². The van der Waals surface area contributed by atoms with E-state index < -0.39 is 0 Å². The second-order valence-electron chi connectivity index (χ2n) is 1.71. The molecule has 1 aromatic rings. The van der Waals surface area contributed by atoms with E-state index in [4.69, 9.17) is 5.73 Å². The van der Waals surface area contributed by atoms with Gasteiger partial charge < -0.3 is 5.73 Å². The Kier molecular flexibility index (Phi) is 1.53. The first-order valence-electron chi connectivity index (χ1n) is 2.66. The smallest absolute Gasteiger partial charge is 0.0859 e. The molecule has 0 aliphatic rings. The summed E-state index contributed by atoms with van der Waals surface area (Å²) in [6.45, 7) is 2.13. The predicted molar refractivity (Wildman–Crippen MR) is 38.1 cm³/mol. The maximum Gasteiger partial charge on any atom is 0.0859 e. The van der Waals surface area contributed by atoms with Crippen molar-refractivity contribution in [2.24, 2.45) is 0 Å². The van der Waals surface area contributed by atoms with Gasteiger partial charge in [0.15, 0.2) is 0 Å². The van der Waals surface area contributed by atoms with Crippen molar-refractivity contribution in [3.63, 3.8) is 0 Å². The summed E-state index contributed by atoms with van der Waals surface area (Å²) in [7, 11) is 0. The van der Waals surface area contributed by atoms with E-state index in [2.05, 4.69) is 12.3 Å². The number of hydrogen-bond acceptors (Lipinski definition) is 2. The SMILES string of the molecule is CCc1csc(N)c1. The van der Waals surface area contributed by atoms with Crippen molar-refractivity contribution < 1.29 is 0 Å².